The molecule has 2 aromatic carbocycles. The number of hydrogen-bond acceptors (Lipinski definition) is 4. The lowest BCUT2D eigenvalue weighted by Crippen LogP contribution is -2.44. The lowest BCUT2D eigenvalue weighted by Gasteiger charge is -2.37. The van der Waals surface area contributed by atoms with Gasteiger partial charge in [-0.25, -0.2) is 0 Å². The van der Waals surface area contributed by atoms with Crippen molar-refractivity contribution in [2.24, 2.45) is 0 Å². The average Bonchev–Trinajstić information content (AvgIpc) is 2.59. The highest BCUT2D eigenvalue weighted by atomic mass is 16.5. The zero-order valence-corrected chi connectivity index (χ0v) is 12.9. The van der Waals surface area contributed by atoms with Crippen molar-refractivity contribution < 1.29 is 19.7 Å². The predicted molar refractivity (Wildman–Crippen MR) is 86.8 cm³/mol. The van der Waals surface area contributed by atoms with Crippen LogP contribution in [0.5, 0.6) is 0 Å². The normalized spacial score (nSPS) is 27.7. The maximum absolute atomic E-state index is 10.2. The predicted octanol–water partition coefficient (Wildman–Crippen LogP) is 2.46. The summed E-state index contributed by atoms with van der Waals surface area (Å²) in [5.74, 6) is 0. The first kappa shape index (κ1) is 16.1. The van der Waals surface area contributed by atoms with Crippen LogP contribution in [0.1, 0.15) is 23.7 Å². The molecule has 0 unspecified atom stereocenters. The molecule has 1 fully saturated rings. The van der Waals surface area contributed by atoms with Crippen LogP contribution in [0.4, 0.5) is 0 Å². The van der Waals surface area contributed by atoms with Gasteiger partial charge in [0.25, 0.3) is 0 Å². The maximum atomic E-state index is 10.2. The molecular weight excluding hydrogens is 292 g/mol. The Balaban J connectivity index is 1.58. The van der Waals surface area contributed by atoms with E-state index in [9.17, 15) is 10.2 Å². The first-order valence-corrected chi connectivity index (χ1v) is 7.92. The summed E-state index contributed by atoms with van der Waals surface area (Å²) in [4.78, 5) is 0. The molecule has 0 aromatic heterocycles. The van der Waals surface area contributed by atoms with E-state index in [1.165, 1.54) is 0 Å². The number of hydrogen-bond donors (Lipinski definition) is 2. The van der Waals surface area contributed by atoms with Gasteiger partial charge in [-0.05, 0) is 11.1 Å². The molecule has 4 heteroatoms. The molecule has 0 spiro atoms. The van der Waals surface area contributed by atoms with Crippen LogP contribution in [0.25, 0.3) is 0 Å². The third kappa shape index (κ3) is 4.18. The summed E-state index contributed by atoms with van der Waals surface area (Å²) in [6, 6.07) is 19.4. The molecule has 4 nitrogen and oxygen atoms in total. The molecule has 1 aliphatic rings. The second kappa shape index (κ2) is 7.70. The van der Waals surface area contributed by atoms with Gasteiger partial charge in [-0.3, -0.25) is 0 Å². The van der Waals surface area contributed by atoms with Gasteiger partial charge in [0.1, 0.15) is 12.2 Å². The van der Waals surface area contributed by atoms with Crippen LogP contribution in [0.3, 0.4) is 0 Å². The number of aliphatic hydroxyl groups excluding tert-OH is 2. The van der Waals surface area contributed by atoms with Gasteiger partial charge in [0.05, 0.1) is 25.4 Å². The molecule has 1 saturated heterocycles. The molecule has 0 saturated carbocycles. The summed E-state index contributed by atoms with van der Waals surface area (Å²) >= 11 is 0. The molecule has 23 heavy (non-hydrogen) atoms. The summed E-state index contributed by atoms with van der Waals surface area (Å²) in [7, 11) is 0. The van der Waals surface area contributed by atoms with Crippen LogP contribution in [0.2, 0.25) is 0 Å². The minimum atomic E-state index is -0.914. The first-order chi connectivity index (χ1) is 11.2. The average molecular weight is 314 g/mol. The van der Waals surface area contributed by atoms with Crippen LogP contribution in [0, 0.1) is 0 Å². The second-order valence-corrected chi connectivity index (χ2v) is 5.88. The number of aliphatic hydroxyl groups is 2. The first-order valence-electron chi connectivity index (χ1n) is 7.92. The fourth-order valence-electron chi connectivity index (χ4n) is 2.86. The highest BCUT2D eigenvalue weighted by Crippen LogP contribution is 2.32. The van der Waals surface area contributed by atoms with E-state index < -0.39 is 18.3 Å². The van der Waals surface area contributed by atoms with Crippen molar-refractivity contribution in [3.05, 3.63) is 71.8 Å². The fraction of sp³-hybridized carbons (Fsp3) is 0.368. The molecule has 2 N–H and O–H groups in total. The van der Waals surface area contributed by atoms with E-state index in [-0.39, 0.29) is 6.10 Å². The topological polar surface area (TPSA) is 58.9 Å². The molecule has 4 atom stereocenters. The minimum absolute atomic E-state index is 0.234. The Hall–Kier alpha value is -1.72. The van der Waals surface area contributed by atoms with Crippen molar-refractivity contribution in [2.45, 2.75) is 37.4 Å². The molecule has 0 radical (unpaired) electrons. The maximum Gasteiger partial charge on any atom is 0.111 e. The van der Waals surface area contributed by atoms with Gasteiger partial charge in [0.2, 0.25) is 0 Å². The van der Waals surface area contributed by atoms with Gasteiger partial charge in [0.15, 0.2) is 0 Å². The van der Waals surface area contributed by atoms with Crippen molar-refractivity contribution in [1.29, 1.82) is 0 Å². The zero-order chi connectivity index (χ0) is 16.1. The lowest BCUT2D eigenvalue weighted by molar-refractivity contribution is -0.185. The second-order valence-electron chi connectivity index (χ2n) is 5.88. The Morgan fingerprint density at radius 1 is 0.957 bits per heavy atom. The Morgan fingerprint density at radius 3 is 2.30 bits per heavy atom. The van der Waals surface area contributed by atoms with E-state index in [0.717, 1.165) is 11.1 Å². The molecule has 2 aromatic rings. The summed E-state index contributed by atoms with van der Waals surface area (Å²) < 4.78 is 11.7. The molecule has 122 valence electrons. The van der Waals surface area contributed by atoms with Gasteiger partial charge >= 0.3 is 0 Å². The number of ether oxygens (including phenoxy) is 2. The van der Waals surface area contributed by atoms with Crippen molar-refractivity contribution in [1.82, 2.24) is 0 Å². The van der Waals surface area contributed by atoms with Gasteiger partial charge in [-0.2, -0.15) is 0 Å². The standard InChI is InChI=1S/C19H22O4/c20-17-11-16(13-22-12-14-7-3-1-4-8-14)23-19(18(17)21)15-9-5-2-6-10-15/h1-10,16-21H,11-13H2/t16-,17-,18-,19-/m0/s1. The van der Waals surface area contributed by atoms with Gasteiger partial charge in [-0.1, -0.05) is 60.7 Å². The molecule has 3 rings (SSSR count). The van der Waals surface area contributed by atoms with Crippen molar-refractivity contribution in [2.75, 3.05) is 6.61 Å². The van der Waals surface area contributed by atoms with Crippen LogP contribution in [-0.4, -0.2) is 35.1 Å². The Morgan fingerprint density at radius 2 is 1.61 bits per heavy atom. The van der Waals surface area contributed by atoms with Crippen molar-refractivity contribution in [3.8, 4) is 0 Å². The Kier molecular flexibility index (Phi) is 5.41. The van der Waals surface area contributed by atoms with Crippen molar-refractivity contribution >= 4 is 0 Å². The van der Waals surface area contributed by atoms with Crippen molar-refractivity contribution in [3.63, 3.8) is 0 Å². The summed E-state index contributed by atoms with van der Waals surface area (Å²) in [6.45, 7) is 0.900. The summed E-state index contributed by atoms with van der Waals surface area (Å²) in [6.07, 6.45) is -2.10. The lowest BCUT2D eigenvalue weighted by atomic mass is 9.93. The van der Waals surface area contributed by atoms with Crippen LogP contribution < -0.4 is 0 Å². The highest BCUT2D eigenvalue weighted by molar-refractivity contribution is 5.20. The Bertz CT molecular complexity index is 587. The molecule has 1 aliphatic heterocycles. The number of rotatable bonds is 5. The molecule has 0 amide bonds. The van der Waals surface area contributed by atoms with E-state index in [1.54, 1.807) is 0 Å². The quantitative estimate of drug-likeness (QED) is 0.890. The smallest absolute Gasteiger partial charge is 0.111 e. The molecule has 0 aliphatic carbocycles. The summed E-state index contributed by atoms with van der Waals surface area (Å²) in [5.41, 5.74) is 1.97. The van der Waals surface area contributed by atoms with E-state index in [4.69, 9.17) is 9.47 Å². The van der Waals surface area contributed by atoms with Crippen LogP contribution in [0.15, 0.2) is 60.7 Å². The zero-order valence-electron chi connectivity index (χ0n) is 12.9. The third-order valence-corrected chi connectivity index (χ3v) is 4.09. The molecular formula is C19H22O4. The van der Waals surface area contributed by atoms with Gasteiger partial charge in [0, 0.05) is 6.42 Å². The minimum Gasteiger partial charge on any atom is -0.390 e. The van der Waals surface area contributed by atoms with E-state index in [0.29, 0.717) is 19.6 Å². The van der Waals surface area contributed by atoms with E-state index in [1.807, 2.05) is 60.7 Å². The largest absolute Gasteiger partial charge is 0.390 e. The van der Waals surface area contributed by atoms with Gasteiger partial charge < -0.3 is 19.7 Å². The number of benzene rings is 2. The monoisotopic (exact) mass is 314 g/mol. The fourth-order valence-corrected chi connectivity index (χ4v) is 2.86. The van der Waals surface area contributed by atoms with Crippen LogP contribution in [-0.2, 0) is 16.1 Å². The van der Waals surface area contributed by atoms with E-state index >= 15 is 0 Å². The Labute approximate surface area is 136 Å². The van der Waals surface area contributed by atoms with Crippen LogP contribution >= 0.6 is 0 Å². The highest BCUT2D eigenvalue weighted by Gasteiger charge is 2.37. The molecule has 1 heterocycles. The molecule has 0 bridgehead atoms. The SMILES string of the molecule is O[C@H]1[C@@H](O)C[C@@H](COCc2ccccc2)O[C@H]1c1ccccc1. The van der Waals surface area contributed by atoms with E-state index in [2.05, 4.69) is 0 Å². The van der Waals surface area contributed by atoms with Gasteiger partial charge in [-0.15, -0.1) is 0 Å². The summed E-state index contributed by atoms with van der Waals surface area (Å²) in [5, 5.41) is 20.3. The third-order valence-electron chi connectivity index (χ3n) is 4.09.